The molecule has 5 heteroatoms. The van der Waals surface area contributed by atoms with Gasteiger partial charge in [0.2, 0.25) is 5.91 Å². The Morgan fingerprint density at radius 1 is 1.23 bits per heavy atom. The van der Waals surface area contributed by atoms with Crippen molar-refractivity contribution in [1.82, 2.24) is 5.32 Å². The lowest BCUT2D eigenvalue weighted by atomic mass is 9.96. The van der Waals surface area contributed by atoms with Gasteiger partial charge in [0.05, 0.1) is 7.11 Å². The SMILES string of the molecule is COc1ccccc1CC(C)CC(=O)NC(C(=O)O)C(C)C. The normalized spacial score (nSPS) is 13.5. The van der Waals surface area contributed by atoms with Crippen molar-refractivity contribution in [2.45, 2.75) is 39.7 Å². The van der Waals surface area contributed by atoms with Crippen LogP contribution in [0.2, 0.25) is 0 Å². The minimum absolute atomic E-state index is 0.0953. The van der Waals surface area contributed by atoms with Gasteiger partial charge in [0.1, 0.15) is 11.8 Å². The van der Waals surface area contributed by atoms with Crippen molar-refractivity contribution in [1.29, 1.82) is 0 Å². The van der Waals surface area contributed by atoms with Crippen molar-refractivity contribution in [3.05, 3.63) is 29.8 Å². The Morgan fingerprint density at radius 2 is 1.86 bits per heavy atom. The van der Waals surface area contributed by atoms with E-state index in [1.807, 2.05) is 31.2 Å². The fourth-order valence-electron chi connectivity index (χ4n) is 2.38. The smallest absolute Gasteiger partial charge is 0.326 e. The molecule has 0 aliphatic heterocycles. The topological polar surface area (TPSA) is 75.6 Å². The number of benzene rings is 1. The summed E-state index contributed by atoms with van der Waals surface area (Å²) in [6.07, 6.45) is 0.991. The van der Waals surface area contributed by atoms with Crippen LogP contribution in [0.15, 0.2) is 24.3 Å². The standard InChI is InChI=1S/C17H25NO4/c1-11(2)16(17(20)21)18-15(19)10-12(3)9-13-7-5-6-8-14(13)22-4/h5-8,11-12,16H,9-10H2,1-4H3,(H,18,19)(H,20,21). The van der Waals surface area contributed by atoms with Gasteiger partial charge in [0.25, 0.3) is 0 Å². The average Bonchev–Trinajstić information content (AvgIpc) is 2.44. The third-order valence-electron chi connectivity index (χ3n) is 3.54. The zero-order valence-corrected chi connectivity index (χ0v) is 13.6. The number of carboxylic acids is 1. The molecule has 2 unspecified atom stereocenters. The molecule has 0 heterocycles. The van der Waals surface area contributed by atoms with Crippen LogP contribution in [0, 0.1) is 11.8 Å². The number of amides is 1. The molecule has 0 saturated carbocycles. The molecule has 0 saturated heterocycles. The maximum Gasteiger partial charge on any atom is 0.326 e. The molecule has 1 aromatic carbocycles. The summed E-state index contributed by atoms with van der Waals surface area (Å²) in [5, 5.41) is 11.7. The summed E-state index contributed by atoms with van der Waals surface area (Å²) in [6, 6.07) is 6.86. The number of carbonyl (C=O) groups excluding carboxylic acids is 1. The lowest BCUT2D eigenvalue weighted by molar-refractivity contribution is -0.143. The van der Waals surface area contributed by atoms with Crippen molar-refractivity contribution in [3.8, 4) is 5.75 Å². The number of carbonyl (C=O) groups is 2. The number of hydrogen-bond donors (Lipinski definition) is 2. The molecule has 0 bridgehead atoms. The van der Waals surface area contributed by atoms with E-state index in [-0.39, 0.29) is 24.2 Å². The molecule has 0 aliphatic rings. The maximum absolute atomic E-state index is 12.0. The predicted molar refractivity (Wildman–Crippen MR) is 84.9 cm³/mol. The summed E-state index contributed by atoms with van der Waals surface area (Å²) in [4.78, 5) is 23.1. The van der Waals surface area contributed by atoms with E-state index in [1.54, 1.807) is 21.0 Å². The van der Waals surface area contributed by atoms with Crippen molar-refractivity contribution < 1.29 is 19.4 Å². The number of ether oxygens (including phenoxy) is 1. The molecule has 122 valence electrons. The summed E-state index contributed by atoms with van der Waals surface area (Å²) in [5.41, 5.74) is 1.05. The molecule has 5 nitrogen and oxygen atoms in total. The van der Waals surface area contributed by atoms with Gasteiger partial charge in [0.15, 0.2) is 0 Å². The zero-order valence-electron chi connectivity index (χ0n) is 13.6. The highest BCUT2D eigenvalue weighted by molar-refractivity contribution is 5.83. The Morgan fingerprint density at radius 3 is 2.41 bits per heavy atom. The molecule has 0 aliphatic carbocycles. The lowest BCUT2D eigenvalue weighted by Crippen LogP contribution is -2.44. The Labute approximate surface area is 131 Å². The first-order valence-corrected chi connectivity index (χ1v) is 7.49. The van der Waals surface area contributed by atoms with Gasteiger partial charge in [-0.15, -0.1) is 0 Å². The number of methoxy groups -OCH3 is 1. The summed E-state index contributed by atoms with van der Waals surface area (Å²) < 4.78 is 5.30. The van der Waals surface area contributed by atoms with Crippen LogP contribution in [0.3, 0.4) is 0 Å². The third-order valence-corrected chi connectivity index (χ3v) is 3.54. The maximum atomic E-state index is 12.0. The third kappa shape index (κ3) is 5.39. The van der Waals surface area contributed by atoms with Crippen LogP contribution in [0.4, 0.5) is 0 Å². The van der Waals surface area contributed by atoms with Gasteiger partial charge < -0.3 is 15.2 Å². The monoisotopic (exact) mass is 307 g/mol. The number of para-hydroxylation sites is 1. The Hall–Kier alpha value is -2.04. The lowest BCUT2D eigenvalue weighted by Gasteiger charge is -2.19. The van der Waals surface area contributed by atoms with Crippen molar-refractivity contribution >= 4 is 11.9 Å². The summed E-state index contributed by atoms with van der Waals surface area (Å²) in [6.45, 7) is 5.52. The van der Waals surface area contributed by atoms with Crippen LogP contribution < -0.4 is 10.1 Å². The van der Waals surface area contributed by atoms with Gasteiger partial charge in [-0.25, -0.2) is 4.79 Å². The molecular formula is C17H25NO4. The van der Waals surface area contributed by atoms with E-state index in [9.17, 15) is 9.59 Å². The quantitative estimate of drug-likeness (QED) is 0.773. The highest BCUT2D eigenvalue weighted by Crippen LogP contribution is 2.22. The van der Waals surface area contributed by atoms with Crippen LogP contribution in [0.25, 0.3) is 0 Å². The number of aliphatic carboxylic acids is 1. The number of rotatable bonds is 8. The highest BCUT2D eigenvalue weighted by atomic mass is 16.5. The predicted octanol–water partition coefficient (Wildman–Crippen LogP) is 2.49. The van der Waals surface area contributed by atoms with E-state index in [0.717, 1.165) is 11.3 Å². The first kappa shape index (κ1) is 18.0. The first-order chi connectivity index (χ1) is 10.3. The van der Waals surface area contributed by atoms with E-state index >= 15 is 0 Å². The molecule has 1 amide bonds. The number of carboxylic acid groups (broad SMARTS) is 1. The first-order valence-electron chi connectivity index (χ1n) is 7.49. The summed E-state index contributed by atoms with van der Waals surface area (Å²) >= 11 is 0. The van der Waals surface area contributed by atoms with E-state index in [4.69, 9.17) is 9.84 Å². The van der Waals surface area contributed by atoms with Crippen molar-refractivity contribution in [2.75, 3.05) is 7.11 Å². The largest absolute Gasteiger partial charge is 0.496 e. The van der Waals surface area contributed by atoms with E-state index < -0.39 is 12.0 Å². The molecule has 2 atom stereocenters. The zero-order chi connectivity index (χ0) is 16.7. The molecule has 0 spiro atoms. The Kier molecular flexibility index (Phi) is 6.89. The second-order valence-corrected chi connectivity index (χ2v) is 5.95. The molecule has 0 fully saturated rings. The van der Waals surface area contributed by atoms with Gasteiger partial charge in [0, 0.05) is 6.42 Å². The van der Waals surface area contributed by atoms with Crippen LogP contribution in [0.5, 0.6) is 5.75 Å². The van der Waals surface area contributed by atoms with Gasteiger partial charge in [-0.1, -0.05) is 39.0 Å². The second kappa shape index (κ2) is 8.41. The minimum Gasteiger partial charge on any atom is -0.496 e. The van der Waals surface area contributed by atoms with Gasteiger partial charge in [-0.05, 0) is 29.9 Å². The van der Waals surface area contributed by atoms with Crippen LogP contribution in [-0.2, 0) is 16.0 Å². The van der Waals surface area contributed by atoms with Crippen LogP contribution in [-0.4, -0.2) is 30.1 Å². The molecule has 0 aromatic heterocycles. The van der Waals surface area contributed by atoms with Gasteiger partial charge >= 0.3 is 5.97 Å². The average molecular weight is 307 g/mol. The van der Waals surface area contributed by atoms with E-state index in [1.165, 1.54) is 0 Å². The van der Waals surface area contributed by atoms with Crippen LogP contribution >= 0.6 is 0 Å². The number of hydrogen-bond acceptors (Lipinski definition) is 3. The molecule has 1 rings (SSSR count). The minimum atomic E-state index is -0.999. The van der Waals surface area contributed by atoms with Crippen molar-refractivity contribution in [3.63, 3.8) is 0 Å². The molecule has 1 aromatic rings. The molecule has 0 radical (unpaired) electrons. The Balaban J connectivity index is 2.59. The highest BCUT2D eigenvalue weighted by Gasteiger charge is 2.24. The van der Waals surface area contributed by atoms with Gasteiger partial charge in [-0.3, -0.25) is 4.79 Å². The summed E-state index contributed by atoms with van der Waals surface area (Å²) in [5.74, 6) is -0.478. The molecule has 22 heavy (non-hydrogen) atoms. The van der Waals surface area contributed by atoms with Gasteiger partial charge in [-0.2, -0.15) is 0 Å². The van der Waals surface area contributed by atoms with E-state index in [0.29, 0.717) is 6.42 Å². The molecular weight excluding hydrogens is 282 g/mol. The fraction of sp³-hybridized carbons (Fsp3) is 0.529. The van der Waals surface area contributed by atoms with Crippen molar-refractivity contribution in [2.24, 2.45) is 11.8 Å². The molecule has 2 N–H and O–H groups in total. The Bertz CT molecular complexity index is 513. The fourth-order valence-corrected chi connectivity index (χ4v) is 2.38. The number of nitrogens with one attached hydrogen (secondary N) is 1. The summed E-state index contributed by atoms with van der Waals surface area (Å²) in [7, 11) is 1.62. The van der Waals surface area contributed by atoms with Crippen LogP contribution in [0.1, 0.15) is 32.8 Å². The second-order valence-electron chi connectivity index (χ2n) is 5.95. The van der Waals surface area contributed by atoms with E-state index in [2.05, 4.69) is 5.32 Å².